The molecule has 0 bridgehead atoms. The quantitative estimate of drug-likeness (QED) is 0.499. The summed E-state index contributed by atoms with van der Waals surface area (Å²) in [5.74, 6) is 1.27. The van der Waals surface area contributed by atoms with Gasteiger partial charge >= 0.3 is 0 Å². The predicted molar refractivity (Wildman–Crippen MR) is 41.3 cm³/mol. The summed E-state index contributed by atoms with van der Waals surface area (Å²) in [6, 6.07) is 0. The van der Waals surface area contributed by atoms with Crippen LogP contribution in [0.4, 0.5) is 0 Å². The van der Waals surface area contributed by atoms with Crippen molar-refractivity contribution in [1.29, 1.82) is 0 Å². The van der Waals surface area contributed by atoms with Gasteiger partial charge in [-0.3, -0.25) is 0 Å². The Bertz CT molecular complexity index is 172. The molecule has 0 atom stereocenters. The number of fused-ring (bicyclic) bond motifs is 1. The molecule has 0 aromatic rings. The van der Waals surface area contributed by atoms with Gasteiger partial charge < -0.3 is 4.90 Å². The zero-order chi connectivity index (χ0) is 6.10. The molecule has 0 aliphatic carbocycles. The molecule has 2 rings (SSSR count). The number of hydrogen-bond donors (Lipinski definition) is 0. The Hall–Kier alpha value is -0.370. The van der Waals surface area contributed by atoms with Crippen LogP contribution in [-0.4, -0.2) is 23.7 Å². The molecule has 1 fully saturated rings. The number of rotatable bonds is 0. The summed E-state index contributed by atoms with van der Waals surface area (Å²) < 4.78 is 0. The van der Waals surface area contributed by atoms with Gasteiger partial charge in [0.15, 0.2) is 0 Å². The lowest BCUT2D eigenvalue weighted by molar-refractivity contribution is 0.443. The summed E-state index contributed by atoms with van der Waals surface area (Å²) in [6.45, 7) is 2.36. The maximum Gasteiger partial charge on any atom is 0.0711 e. The second kappa shape index (κ2) is 2.10. The van der Waals surface area contributed by atoms with Crippen molar-refractivity contribution in [3.63, 3.8) is 0 Å². The molecule has 0 aromatic heterocycles. The topological polar surface area (TPSA) is 3.24 Å². The summed E-state index contributed by atoms with van der Waals surface area (Å²) in [5, 5.41) is 1.46. The zero-order valence-electron chi connectivity index (χ0n) is 5.21. The first-order chi connectivity index (χ1) is 4.47. The van der Waals surface area contributed by atoms with Crippen LogP contribution in [0.25, 0.3) is 0 Å². The lowest BCUT2D eigenvalue weighted by Crippen LogP contribution is -2.19. The highest BCUT2D eigenvalue weighted by molar-refractivity contribution is 8.03. The van der Waals surface area contributed by atoms with Gasteiger partial charge in [0.2, 0.25) is 0 Å². The summed E-state index contributed by atoms with van der Waals surface area (Å²) in [6.07, 6.45) is 6.54. The van der Waals surface area contributed by atoms with Crippen LogP contribution >= 0.6 is 11.8 Å². The van der Waals surface area contributed by atoms with E-state index in [9.17, 15) is 0 Å². The first kappa shape index (κ1) is 5.42. The summed E-state index contributed by atoms with van der Waals surface area (Å²) in [5.41, 5.74) is 0. The van der Waals surface area contributed by atoms with Gasteiger partial charge in [-0.2, -0.15) is 0 Å². The van der Waals surface area contributed by atoms with Gasteiger partial charge in [-0.25, -0.2) is 0 Å². The van der Waals surface area contributed by atoms with Gasteiger partial charge in [0.05, 0.1) is 5.03 Å². The molecule has 0 saturated carbocycles. The zero-order valence-corrected chi connectivity index (χ0v) is 6.03. The van der Waals surface area contributed by atoms with E-state index >= 15 is 0 Å². The van der Waals surface area contributed by atoms with E-state index in [-0.39, 0.29) is 0 Å². The van der Waals surface area contributed by atoms with E-state index in [1.807, 2.05) is 11.8 Å². The third-order valence-electron chi connectivity index (χ3n) is 1.62. The average molecular weight is 139 g/mol. The molecular weight excluding hydrogens is 130 g/mol. The van der Waals surface area contributed by atoms with Crippen molar-refractivity contribution in [2.45, 2.75) is 0 Å². The standard InChI is InChI=1S/C7H9NS/c1-2-4-8-5-6-9-7(8)3-1/h1-3H,4-6H2. The third kappa shape index (κ3) is 0.874. The Morgan fingerprint density at radius 2 is 2.56 bits per heavy atom. The Balaban J connectivity index is 2.23. The Morgan fingerprint density at radius 3 is 3.44 bits per heavy atom. The van der Waals surface area contributed by atoms with Crippen LogP contribution in [0.3, 0.4) is 0 Å². The number of thioether (sulfide) groups is 1. The normalized spacial score (nSPS) is 24.0. The van der Waals surface area contributed by atoms with Crippen LogP contribution in [0.2, 0.25) is 0 Å². The summed E-state index contributed by atoms with van der Waals surface area (Å²) in [7, 11) is 0. The van der Waals surface area contributed by atoms with Crippen molar-refractivity contribution < 1.29 is 0 Å². The molecule has 1 saturated heterocycles. The largest absolute Gasteiger partial charge is 0.362 e. The predicted octanol–water partition coefficient (Wildman–Crippen LogP) is 1.45. The van der Waals surface area contributed by atoms with Gasteiger partial charge in [0.1, 0.15) is 0 Å². The minimum absolute atomic E-state index is 1.12. The fourth-order valence-corrected chi connectivity index (χ4v) is 2.18. The minimum Gasteiger partial charge on any atom is -0.362 e. The second-order valence-corrected chi connectivity index (χ2v) is 3.34. The molecule has 0 amide bonds. The molecule has 0 spiro atoms. The van der Waals surface area contributed by atoms with Gasteiger partial charge in [-0.1, -0.05) is 12.2 Å². The summed E-state index contributed by atoms with van der Waals surface area (Å²) >= 11 is 1.96. The van der Waals surface area contributed by atoms with E-state index in [0.717, 1.165) is 6.54 Å². The van der Waals surface area contributed by atoms with E-state index < -0.39 is 0 Å². The fraction of sp³-hybridized carbons (Fsp3) is 0.429. The SMILES string of the molecule is C1=CCN2CCSC2=C1. The van der Waals surface area contributed by atoms with Crippen molar-refractivity contribution in [1.82, 2.24) is 4.90 Å². The lowest BCUT2D eigenvalue weighted by Gasteiger charge is -2.18. The molecule has 2 aliphatic rings. The lowest BCUT2D eigenvalue weighted by atomic mass is 10.3. The molecule has 48 valence electrons. The van der Waals surface area contributed by atoms with Crippen molar-refractivity contribution in [2.24, 2.45) is 0 Å². The van der Waals surface area contributed by atoms with Gasteiger partial charge in [-0.15, -0.1) is 11.8 Å². The highest BCUT2D eigenvalue weighted by Crippen LogP contribution is 2.28. The van der Waals surface area contributed by atoms with E-state index in [1.54, 1.807) is 0 Å². The van der Waals surface area contributed by atoms with E-state index in [1.165, 1.54) is 17.3 Å². The highest BCUT2D eigenvalue weighted by Gasteiger charge is 2.16. The molecular formula is C7H9NS. The summed E-state index contributed by atoms with van der Waals surface area (Å²) in [4.78, 5) is 2.41. The van der Waals surface area contributed by atoms with Crippen molar-refractivity contribution in [2.75, 3.05) is 18.8 Å². The molecule has 9 heavy (non-hydrogen) atoms. The Kier molecular flexibility index (Phi) is 1.27. The van der Waals surface area contributed by atoms with Crippen molar-refractivity contribution in [3.05, 3.63) is 23.3 Å². The Labute approximate surface area is 59.4 Å². The second-order valence-electron chi connectivity index (χ2n) is 2.23. The van der Waals surface area contributed by atoms with Gasteiger partial charge in [0, 0.05) is 18.8 Å². The molecule has 2 heteroatoms. The maximum atomic E-state index is 2.41. The molecule has 0 radical (unpaired) electrons. The molecule has 1 nitrogen and oxygen atoms in total. The molecule has 2 aliphatic heterocycles. The first-order valence-corrected chi connectivity index (χ1v) is 4.20. The number of allylic oxidation sites excluding steroid dienone is 2. The molecule has 0 N–H and O–H groups in total. The van der Waals surface area contributed by atoms with Crippen molar-refractivity contribution in [3.8, 4) is 0 Å². The third-order valence-corrected chi connectivity index (χ3v) is 2.70. The van der Waals surface area contributed by atoms with Crippen LogP contribution < -0.4 is 0 Å². The highest BCUT2D eigenvalue weighted by atomic mass is 32.2. The van der Waals surface area contributed by atoms with Gasteiger partial charge in [-0.05, 0) is 6.08 Å². The number of hydrogen-bond acceptors (Lipinski definition) is 2. The van der Waals surface area contributed by atoms with Crippen LogP contribution in [-0.2, 0) is 0 Å². The first-order valence-electron chi connectivity index (χ1n) is 3.21. The maximum absolute atomic E-state index is 2.41. The number of nitrogens with zero attached hydrogens (tertiary/aromatic N) is 1. The molecule has 0 aromatic carbocycles. The van der Waals surface area contributed by atoms with Crippen LogP contribution in [0.1, 0.15) is 0 Å². The minimum atomic E-state index is 1.12. The average Bonchev–Trinajstić information content (AvgIpc) is 2.33. The molecule has 0 unspecified atom stereocenters. The van der Waals surface area contributed by atoms with Crippen LogP contribution in [0.15, 0.2) is 23.3 Å². The smallest absolute Gasteiger partial charge is 0.0711 e. The van der Waals surface area contributed by atoms with Crippen LogP contribution in [0, 0.1) is 0 Å². The fourth-order valence-electron chi connectivity index (χ4n) is 1.14. The van der Waals surface area contributed by atoms with E-state index in [4.69, 9.17) is 0 Å². The Morgan fingerprint density at radius 1 is 1.56 bits per heavy atom. The monoisotopic (exact) mass is 139 g/mol. The molecule has 2 heterocycles. The van der Waals surface area contributed by atoms with Gasteiger partial charge in [0.25, 0.3) is 0 Å². The van der Waals surface area contributed by atoms with Crippen molar-refractivity contribution >= 4 is 11.8 Å². The van der Waals surface area contributed by atoms with E-state index in [0.29, 0.717) is 0 Å². The van der Waals surface area contributed by atoms with E-state index in [2.05, 4.69) is 23.1 Å². The van der Waals surface area contributed by atoms with Crippen LogP contribution in [0.5, 0.6) is 0 Å².